The Labute approximate surface area is 142 Å². The molecule has 24 heavy (non-hydrogen) atoms. The van der Waals surface area contributed by atoms with E-state index in [1.165, 1.54) is 13.8 Å². The first-order valence-electron chi connectivity index (χ1n) is 7.20. The van der Waals surface area contributed by atoms with E-state index in [9.17, 15) is 21.6 Å². The third-order valence-electron chi connectivity index (χ3n) is 3.02. The average Bonchev–Trinajstić information content (AvgIpc) is 2.45. The fraction of sp³-hybridized carbons (Fsp3) is 0.429. The second-order valence-corrected chi connectivity index (χ2v) is 9.77. The number of anilines is 1. The number of benzene rings is 1. The molecule has 0 heterocycles. The molecule has 0 fully saturated rings. The smallest absolute Gasteiger partial charge is 0.307 e. The largest absolute Gasteiger partial charge is 0.339 e. The summed E-state index contributed by atoms with van der Waals surface area (Å²) in [5.74, 6) is -0.878. The van der Waals surface area contributed by atoms with Crippen LogP contribution >= 0.6 is 0 Å². The molecule has 0 spiro atoms. The van der Waals surface area contributed by atoms with Crippen LogP contribution in [0.1, 0.15) is 25.0 Å². The first-order chi connectivity index (χ1) is 11.0. The number of sulfone groups is 2. The fourth-order valence-electron chi connectivity index (χ4n) is 1.88. The monoisotopic (exact) mass is 375 g/mol. The van der Waals surface area contributed by atoms with Crippen molar-refractivity contribution in [1.29, 1.82) is 0 Å². The van der Waals surface area contributed by atoms with Gasteiger partial charge in [-0.25, -0.2) is 27.1 Å². The van der Waals surface area contributed by atoms with Gasteiger partial charge in [-0.3, -0.25) is 0 Å². The highest BCUT2D eigenvalue weighted by Gasteiger charge is 2.30. The van der Waals surface area contributed by atoms with Gasteiger partial charge in [-0.15, -0.1) is 5.10 Å². The van der Waals surface area contributed by atoms with E-state index in [-0.39, 0.29) is 0 Å². The van der Waals surface area contributed by atoms with Gasteiger partial charge in [0.1, 0.15) is 0 Å². The molecule has 0 aromatic heterocycles. The van der Waals surface area contributed by atoms with E-state index in [2.05, 4.69) is 10.4 Å². The molecule has 1 aromatic carbocycles. The lowest BCUT2D eigenvalue weighted by Crippen LogP contribution is -2.33. The Hall–Kier alpha value is -1.94. The van der Waals surface area contributed by atoms with Crippen molar-refractivity contribution in [2.75, 3.05) is 16.8 Å². The fourth-order valence-corrected chi connectivity index (χ4v) is 5.00. The zero-order valence-corrected chi connectivity index (χ0v) is 15.6. The summed E-state index contributed by atoms with van der Waals surface area (Å²) in [4.78, 5) is 11.9. The van der Waals surface area contributed by atoms with E-state index < -0.39 is 41.6 Å². The molecule has 0 atom stereocenters. The Morgan fingerprint density at radius 2 is 1.42 bits per heavy atom. The maximum Gasteiger partial charge on any atom is 0.339 e. The van der Waals surface area contributed by atoms with Crippen LogP contribution in [0.2, 0.25) is 0 Å². The van der Waals surface area contributed by atoms with Crippen LogP contribution in [0.25, 0.3) is 0 Å². The van der Waals surface area contributed by atoms with Gasteiger partial charge in [-0.05, 0) is 37.1 Å². The molecule has 0 unspecified atom stereocenters. The van der Waals surface area contributed by atoms with Crippen molar-refractivity contribution in [3.05, 3.63) is 29.3 Å². The first-order valence-corrected chi connectivity index (χ1v) is 10.5. The number of carbonyl (C=O) groups is 1. The predicted octanol–water partition coefficient (Wildman–Crippen LogP) is 1.57. The van der Waals surface area contributed by atoms with Gasteiger partial charge in [0.05, 0.1) is 11.5 Å². The van der Waals surface area contributed by atoms with Crippen molar-refractivity contribution in [2.45, 2.75) is 27.7 Å². The highest BCUT2D eigenvalue weighted by Crippen LogP contribution is 2.13. The molecular weight excluding hydrogens is 354 g/mol. The van der Waals surface area contributed by atoms with E-state index in [1.54, 1.807) is 12.1 Å². The standard InChI is InChI=1S/C14H21N3O5S2/c1-5-23(19,20)14(24(21,22)6-2)17-16-13(18)15-12-8-10(3)7-11(4)9-12/h7-9H,5-6H2,1-4H3,(H2,15,16,18). The van der Waals surface area contributed by atoms with Crippen LogP contribution in [-0.2, 0) is 19.7 Å². The van der Waals surface area contributed by atoms with Crippen LogP contribution in [0, 0.1) is 13.8 Å². The zero-order chi connectivity index (χ0) is 18.5. The second-order valence-electron chi connectivity index (χ2n) is 5.13. The van der Waals surface area contributed by atoms with Crippen molar-refractivity contribution in [3.63, 3.8) is 0 Å². The van der Waals surface area contributed by atoms with Crippen molar-refractivity contribution in [1.82, 2.24) is 5.43 Å². The number of nitrogens with zero attached hydrogens (tertiary/aromatic N) is 1. The number of rotatable bonds is 4. The molecule has 0 aliphatic carbocycles. The SMILES string of the molecule is CCS(=O)(=O)C(=NNC(=O)Nc1cc(C)cc(C)c1)S(=O)(=O)CC. The molecule has 0 saturated carbocycles. The Morgan fingerprint density at radius 3 is 1.83 bits per heavy atom. The van der Waals surface area contributed by atoms with Crippen molar-refractivity contribution >= 4 is 35.8 Å². The highest BCUT2D eigenvalue weighted by molar-refractivity contribution is 8.31. The summed E-state index contributed by atoms with van der Waals surface area (Å²) in [6, 6.07) is 4.50. The number of carbonyl (C=O) groups excluding carboxylic acids is 1. The van der Waals surface area contributed by atoms with E-state index in [4.69, 9.17) is 0 Å². The maximum absolute atomic E-state index is 11.9. The Bertz CT molecular complexity index is 802. The van der Waals surface area contributed by atoms with Gasteiger partial charge in [0.15, 0.2) is 0 Å². The number of nitrogens with one attached hydrogen (secondary N) is 2. The number of urea groups is 1. The number of hydrogen-bond acceptors (Lipinski definition) is 6. The topological polar surface area (TPSA) is 122 Å². The van der Waals surface area contributed by atoms with Gasteiger partial charge in [-0.2, -0.15) is 0 Å². The van der Waals surface area contributed by atoms with E-state index in [1.807, 2.05) is 25.3 Å². The zero-order valence-electron chi connectivity index (χ0n) is 14.0. The molecule has 134 valence electrons. The van der Waals surface area contributed by atoms with Crippen molar-refractivity contribution < 1.29 is 21.6 Å². The lowest BCUT2D eigenvalue weighted by molar-refractivity contribution is 0.252. The van der Waals surface area contributed by atoms with E-state index >= 15 is 0 Å². The third-order valence-corrected chi connectivity index (χ3v) is 7.31. The lowest BCUT2D eigenvalue weighted by atomic mass is 10.1. The minimum atomic E-state index is -4.09. The maximum atomic E-state index is 11.9. The van der Waals surface area contributed by atoms with Crippen LogP contribution < -0.4 is 10.7 Å². The van der Waals surface area contributed by atoms with Gasteiger partial charge < -0.3 is 5.32 Å². The average molecular weight is 375 g/mol. The van der Waals surface area contributed by atoms with Crippen LogP contribution in [-0.4, -0.2) is 38.7 Å². The molecule has 0 bridgehead atoms. The summed E-state index contributed by atoms with van der Waals surface area (Å²) >= 11 is 0. The number of aryl methyl sites for hydroxylation is 2. The minimum absolute atomic E-state index is 0.439. The molecule has 0 aliphatic heterocycles. The third kappa shape index (κ3) is 5.31. The second kappa shape index (κ2) is 7.75. The molecule has 1 aromatic rings. The predicted molar refractivity (Wildman–Crippen MR) is 94.4 cm³/mol. The van der Waals surface area contributed by atoms with E-state index in [0.29, 0.717) is 5.69 Å². The summed E-state index contributed by atoms with van der Waals surface area (Å²) in [5, 5.41) is 5.80. The van der Waals surface area contributed by atoms with Gasteiger partial charge in [0, 0.05) is 5.69 Å². The summed E-state index contributed by atoms with van der Waals surface area (Å²) in [7, 11) is -8.18. The lowest BCUT2D eigenvalue weighted by Gasteiger charge is -2.09. The molecule has 2 amide bonds. The van der Waals surface area contributed by atoms with Crippen LogP contribution in [0.5, 0.6) is 0 Å². The first kappa shape index (κ1) is 20.1. The molecule has 10 heteroatoms. The summed E-state index contributed by atoms with van der Waals surface area (Å²) in [6.07, 6.45) is 0. The van der Waals surface area contributed by atoms with E-state index in [0.717, 1.165) is 11.1 Å². The van der Waals surface area contributed by atoms with Gasteiger partial charge in [0.2, 0.25) is 19.7 Å². The number of amides is 2. The summed E-state index contributed by atoms with van der Waals surface area (Å²) in [6.45, 7) is 6.30. The number of hydrogen-bond donors (Lipinski definition) is 2. The highest BCUT2D eigenvalue weighted by atomic mass is 32.3. The Kier molecular flexibility index (Phi) is 6.50. The van der Waals surface area contributed by atoms with Gasteiger partial charge in [-0.1, -0.05) is 19.9 Å². The van der Waals surface area contributed by atoms with Crippen molar-refractivity contribution in [3.8, 4) is 0 Å². The molecule has 0 aliphatic rings. The number of hydrazone groups is 1. The summed E-state index contributed by atoms with van der Waals surface area (Å²) in [5.41, 5.74) is 4.27. The minimum Gasteiger partial charge on any atom is -0.307 e. The van der Waals surface area contributed by atoms with Crippen LogP contribution in [0.15, 0.2) is 23.3 Å². The molecule has 8 nitrogen and oxygen atoms in total. The van der Waals surface area contributed by atoms with Crippen molar-refractivity contribution in [2.24, 2.45) is 5.10 Å². The Balaban J connectivity index is 3.04. The molecule has 2 N–H and O–H groups in total. The molecular formula is C14H21N3O5S2. The molecule has 0 radical (unpaired) electrons. The summed E-state index contributed by atoms with van der Waals surface area (Å²) < 4.78 is 46.5. The normalized spacial score (nSPS) is 11.7. The quantitative estimate of drug-likeness (QED) is 0.470. The molecule has 0 saturated heterocycles. The van der Waals surface area contributed by atoms with Gasteiger partial charge in [0.25, 0.3) is 4.38 Å². The molecule has 1 rings (SSSR count). The van der Waals surface area contributed by atoms with Crippen LogP contribution in [0.4, 0.5) is 10.5 Å². The van der Waals surface area contributed by atoms with Crippen LogP contribution in [0.3, 0.4) is 0 Å². The van der Waals surface area contributed by atoms with Gasteiger partial charge >= 0.3 is 6.03 Å². The Morgan fingerprint density at radius 1 is 0.958 bits per heavy atom.